The highest BCUT2D eigenvalue weighted by molar-refractivity contribution is 9.10. The molecule has 0 aliphatic heterocycles. The Morgan fingerprint density at radius 3 is 2.40 bits per heavy atom. The van der Waals surface area contributed by atoms with Gasteiger partial charge in [-0.2, -0.15) is 5.26 Å². The van der Waals surface area contributed by atoms with Gasteiger partial charge in [0.2, 0.25) is 0 Å². The Morgan fingerprint density at radius 1 is 1.10 bits per heavy atom. The summed E-state index contributed by atoms with van der Waals surface area (Å²) in [7, 11) is 0. The van der Waals surface area contributed by atoms with E-state index in [9.17, 15) is 5.26 Å². The van der Waals surface area contributed by atoms with Crippen LogP contribution in [0.15, 0.2) is 33.6 Å². The summed E-state index contributed by atoms with van der Waals surface area (Å²) in [6, 6.07) is 11.0. The van der Waals surface area contributed by atoms with Crippen LogP contribution < -0.4 is 0 Å². The second kappa shape index (κ2) is 5.73. The maximum absolute atomic E-state index is 9.67. The van der Waals surface area contributed by atoms with Crippen LogP contribution in [0.3, 0.4) is 0 Å². The first-order valence-electron chi connectivity index (χ1n) is 7.51. The van der Waals surface area contributed by atoms with Crippen molar-refractivity contribution in [3.63, 3.8) is 0 Å². The first-order chi connectivity index (χ1) is 9.65. The molecule has 20 heavy (non-hydrogen) atoms. The SMILES string of the molecule is N#CC1(Sc2cccc(Br)c2)CC2(CCCCCC2)C1. The van der Waals surface area contributed by atoms with Crippen molar-refractivity contribution in [2.24, 2.45) is 5.41 Å². The highest BCUT2D eigenvalue weighted by Gasteiger charge is 2.55. The normalized spacial score (nSPS) is 23.6. The van der Waals surface area contributed by atoms with E-state index in [2.05, 4.69) is 40.2 Å². The Bertz CT molecular complexity index is 518. The van der Waals surface area contributed by atoms with Gasteiger partial charge in [-0.15, -0.1) is 11.8 Å². The van der Waals surface area contributed by atoms with Gasteiger partial charge in [-0.25, -0.2) is 0 Å². The van der Waals surface area contributed by atoms with Crippen molar-refractivity contribution in [1.29, 1.82) is 5.26 Å². The molecule has 0 N–H and O–H groups in total. The van der Waals surface area contributed by atoms with E-state index < -0.39 is 0 Å². The van der Waals surface area contributed by atoms with Crippen LogP contribution in [0.2, 0.25) is 0 Å². The Labute approximate surface area is 134 Å². The topological polar surface area (TPSA) is 23.8 Å². The van der Waals surface area contributed by atoms with Gasteiger partial charge in [-0.1, -0.05) is 47.7 Å². The number of nitrogens with zero attached hydrogens (tertiary/aromatic N) is 1. The first kappa shape index (κ1) is 14.5. The standard InChI is InChI=1S/C17H20BrNS/c18-14-6-5-7-15(10-14)20-17(13-19)11-16(12-17)8-3-1-2-4-9-16/h5-7,10H,1-4,8-9,11-12H2. The van der Waals surface area contributed by atoms with Crippen LogP contribution in [0.25, 0.3) is 0 Å². The van der Waals surface area contributed by atoms with Crippen molar-refractivity contribution in [2.45, 2.75) is 61.0 Å². The summed E-state index contributed by atoms with van der Waals surface area (Å²) in [4.78, 5) is 1.21. The molecule has 0 unspecified atom stereocenters. The largest absolute Gasteiger partial charge is 0.197 e. The van der Waals surface area contributed by atoms with E-state index in [1.165, 1.54) is 43.4 Å². The molecule has 0 heterocycles. The molecule has 1 aromatic rings. The molecule has 2 aliphatic rings. The van der Waals surface area contributed by atoms with E-state index >= 15 is 0 Å². The zero-order valence-corrected chi connectivity index (χ0v) is 14.1. The van der Waals surface area contributed by atoms with Crippen LogP contribution >= 0.6 is 27.7 Å². The lowest BCUT2D eigenvalue weighted by Gasteiger charge is -2.52. The molecule has 106 valence electrons. The third-order valence-corrected chi connectivity index (χ3v) is 6.55. The highest BCUT2D eigenvalue weighted by atomic mass is 79.9. The second-order valence-electron chi connectivity index (χ2n) is 6.43. The maximum Gasteiger partial charge on any atom is 0.108 e. The summed E-state index contributed by atoms with van der Waals surface area (Å²) in [5.74, 6) is 0. The predicted octanol–water partition coefficient (Wildman–Crippen LogP) is 5.94. The van der Waals surface area contributed by atoms with E-state index in [4.69, 9.17) is 0 Å². The van der Waals surface area contributed by atoms with Crippen LogP contribution in [0.1, 0.15) is 51.4 Å². The van der Waals surface area contributed by atoms with Crippen LogP contribution in [-0.2, 0) is 0 Å². The third kappa shape index (κ3) is 2.92. The van der Waals surface area contributed by atoms with E-state index in [0.717, 1.165) is 17.3 Å². The van der Waals surface area contributed by atoms with E-state index in [0.29, 0.717) is 5.41 Å². The zero-order valence-electron chi connectivity index (χ0n) is 11.7. The molecule has 0 saturated heterocycles. The molecule has 1 spiro atoms. The summed E-state index contributed by atoms with van der Waals surface area (Å²) in [5.41, 5.74) is 0.491. The highest BCUT2D eigenvalue weighted by Crippen LogP contribution is 2.62. The van der Waals surface area contributed by atoms with Crippen LogP contribution in [0.5, 0.6) is 0 Å². The van der Waals surface area contributed by atoms with Crippen LogP contribution in [0, 0.1) is 16.7 Å². The Balaban J connectivity index is 1.71. The van der Waals surface area contributed by atoms with Gasteiger partial charge in [0, 0.05) is 9.37 Å². The smallest absolute Gasteiger partial charge is 0.108 e. The van der Waals surface area contributed by atoms with Crippen molar-refractivity contribution in [3.8, 4) is 6.07 Å². The molecule has 0 amide bonds. The van der Waals surface area contributed by atoms with Crippen molar-refractivity contribution in [2.75, 3.05) is 0 Å². The molecule has 0 atom stereocenters. The summed E-state index contributed by atoms with van der Waals surface area (Å²) in [6.45, 7) is 0. The Morgan fingerprint density at radius 2 is 1.80 bits per heavy atom. The molecular formula is C17H20BrNS. The van der Waals surface area contributed by atoms with Gasteiger partial charge >= 0.3 is 0 Å². The fourth-order valence-electron chi connectivity index (χ4n) is 3.92. The average molecular weight is 350 g/mol. The minimum Gasteiger partial charge on any atom is -0.197 e. The van der Waals surface area contributed by atoms with Gasteiger partial charge in [0.05, 0.1) is 6.07 Å². The van der Waals surface area contributed by atoms with Crippen LogP contribution in [0.4, 0.5) is 0 Å². The number of hydrogen-bond acceptors (Lipinski definition) is 2. The molecule has 1 aromatic carbocycles. The summed E-state index contributed by atoms with van der Waals surface area (Å²) in [5, 5.41) is 9.67. The maximum atomic E-state index is 9.67. The predicted molar refractivity (Wildman–Crippen MR) is 87.7 cm³/mol. The number of halogens is 1. The lowest BCUT2D eigenvalue weighted by molar-refractivity contribution is 0.0882. The molecule has 2 fully saturated rings. The van der Waals surface area contributed by atoms with E-state index in [1.807, 2.05) is 6.07 Å². The summed E-state index contributed by atoms with van der Waals surface area (Å²) in [6.07, 6.45) is 10.4. The molecule has 3 heteroatoms. The van der Waals surface area contributed by atoms with Gasteiger partial charge in [0.1, 0.15) is 4.75 Å². The van der Waals surface area contributed by atoms with E-state index in [1.54, 1.807) is 11.8 Å². The van der Waals surface area contributed by atoms with Gasteiger partial charge < -0.3 is 0 Å². The number of rotatable bonds is 2. The molecule has 0 aromatic heterocycles. The van der Waals surface area contributed by atoms with Crippen molar-refractivity contribution in [1.82, 2.24) is 0 Å². The van der Waals surface area contributed by atoms with Crippen LogP contribution in [-0.4, -0.2) is 4.75 Å². The molecule has 0 bridgehead atoms. The van der Waals surface area contributed by atoms with Gasteiger partial charge in [-0.05, 0) is 49.3 Å². The van der Waals surface area contributed by atoms with Gasteiger partial charge in [0.15, 0.2) is 0 Å². The lowest BCUT2D eigenvalue weighted by Crippen LogP contribution is -2.48. The number of nitriles is 1. The Kier molecular flexibility index (Phi) is 4.15. The monoisotopic (exact) mass is 349 g/mol. The van der Waals surface area contributed by atoms with Gasteiger partial charge in [-0.3, -0.25) is 0 Å². The van der Waals surface area contributed by atoms with E-state index in [-0.39, 0.29) is 4.75 Å². The minimum atomic E-state index is -0.175. The fourth-order valence-corrected chi connectivity index (χ4v) is 6.06. The van der Waals surface area contributed by atoms with Crippen molar-refractivity contribution >= 4 is 27.7 Å². The minimum absolute atomic E-state index is 0.175. The van der Waals surface area contributed by atoms with Crippen molar-refractivity contribution in [3.05, 3.63) is 28.7 Å². The molecule has 2 saturated carbocycles. The van der Waals surface area contributed by atoms with Gasteiger partial charge in [0.25, 0.3) is 0 Å². The number of hydrogen-bond donors (Lipinski definition) is 0. The fraction of sp³-hybridized carbons (Fsp3) is 0.588. The molecule has 0 radical (unpaired) electrons. The zero-order chi connectivity index (χ0) is 14.1. The molecular weight excluding hydrogens is 330 g/mol. The summed E-state index contributed by atoms with van der Waals surface area (Å²) < 4.78 is 0.921. The molecule has 1 nitrogen and oxygen atoms in total. The molecule has 2 aliphatic carbocycles. The third-order valence-electron chi connectivity index (χ3n) is 4.80. The number of thioether (sulfide) groups is 1. The Hall–Kier alpha value is -0.460. The lowest BCUT2D eigenvalue weighted by atomic mass is 9.58. The number of benzene rings is 1. The second-order valence-corrected chi connectivity index (χ2v) is 8.81. The molecule has 3 rings (SSSR count). The average Bonchev–Trinajstić information content (AvgIpc) is 2.63. The summed E-state index contributed by atoms with van der Waals surface area (Å²) >= 11 is 5.29. The quantitative estimate of drug-likeness (QED) is 0.659. The van der Waals surface area contributed by atoms with Crippen molar-refractivity contribution < 1.29 is 0 Å². The first-order valence-corrected chi connectivity index (χ1v) is 9.12.